The Morgan fingerprint density at radius 3 is 2.82 bits per heavy atom. The molecule has 4 aromatic rings. The van der Waals surface area contributed by atoms with Crippen LogP contribution in [0.1, 0.15) is 34.9 Å². The minimum Gasteiger partial charge on any atom is -0.323 e. The number of nitrogens with one attached hydrogen (secondary N) is 1. The van der Waals surface area contributed by atoms with Gasteiger partial charge in [-0.15, -0.1) is 11.3 Å². The van der Waals surface area contributed by atoms with E-state index in [-0.39, 0.29) is 29.7 Å². The zero-order chi connectivity index (χ0) is 26.6. The summed E-state index contributed by atoms with van der Waals surface area (Å²) < 4.78 is 1.69. The minimum atomic E-state index is -0.229. The van der Waals surface area contributed by atoms with Gasteiger partial charge in [-0.1, -0.05) is 43.0 Å². The summed E-state index contributed by atoms with van der Waals surface area (Å²) in [6.07, 6.45) is 2.93. The standard InChI is InChI=1S/C29H28N4O3S2/c1-16-8-10-18(3)22(12-16)33-28(36)26-19-11-9-17(2)13-23(19)38-27(26)31-29(33)37-15-25(35)32-14-24(34)30-20-6-4-5-7-21(20)32/h4-8,10,12,17H,9,11,13-15H2,1-3H3,(H,30,34). The maximum atomic E-state index is 14.1. The van der Waals surface area contributed by atoms with Crippen molar-refractivity contribution in [1.29, 1.82) is 0 Å². The van der Waals surface area contributed by atoms with Crippen molar-refractivity contribution in [2.45, 2.75) is 45.2 Å². The summed E-state index contributed by atoms with van der Waals surface area (Å²) in [5.74, 6) is 0.200. The van der Waals surface area contributed by atoms with Crippen LogP contribution in [-0.4, -0.2) is 33.7 Å². The molecule has 1 aliphatic carbocycles. The van der Waals surface area contributed by atoms with E-state index < -0.39 is 0 Å². The van der Waals surface area contributed by atoms with Gasteiger partial charge < -0.3 is 10.2 Å². The normalized spacial score (nSPS) is 16.8. The molecule has 6 rings (SSSR count). The molecule has 0 spiro atoms. The predicted octanol–water partition coefficient (Wildman–Crippen LogP) is 5.27. The molecule has 2 aromatic carbocycles. The molecule has 1 atom stereocenters. The van der Waals surface area contributed by atoms with Crippen molar-refractivity contribution in [2.75, 3.05) is 22.5 Å². The zero-order valence-electron chi connectivity index (χ0n) is 21.5. The van der Waals surface area contributed by atoms with Gasteiger partial charge in [0.1, 0.15) is 11.4 Å². The topological polar surface area (TPSA) is 84.3 Å². The third-order valence-electron chi connectivity index (χ3n) is 7.30. The van der Waals surface area contributed by atoms with Crippen LogP contribution < -0.4 is 15.8 Å². The zero-order valence-corrected chi connectivity index (χ0v) is 23.2. The van der Waals surface area contributed by atoms with E-state index in [1.165, 1.54) is 21.5 Å². The lowest BCUT2D eigenvalue weighted by Gasteiger charge is -2.29. The number of anilines is 2. The van der Waals surface area contributed by atoms with Crippen LogP contribution in [0.4, 0.5) is 11.4 Å². The Morgan fingerprint density at radius 2 is 1.97 bits per heavy atom. The summed E-state index contributed by atoms with van der Waals surface area (Å²) >= 11 is 2.86. The number of rotatable bonds is 4. The second kappa shape index (κ2) is 9.71. The molecular weight excluding hydrogens is 516 g/mol. The van der Waals surface area contributed by atoms with E-state index in [2.05, 4.69) is 12.2 Å². The number of thioether (sulfide) groups is 1. The minimum absolute atomic E-state index is 0.0392. The van der Waals surface area contributed by atoms with Crippen molar-refractivity contribution < 1.29 is 9.59 Å². The molecule has 9 heteroatoms. The highest BCUT2D eigenvalue weighted by Crippen LogP contribution is 2.37. The molecule has 0 radical (unpaired) electrons. The van der Waals surface area contributed by atoms with Gasteiger partial charge in [-0.2, -0.15) is 0 Å². The Kier molecular flexibility index (Phi) is 6.36. The van der Waals surface area contributed by atoms with Crippen LogP contribution in [0, 0.1) is 19.8 Å². The van der Waals surface area contributed by atoms with Crippen molar-refractivity contribution in [3.05, 3.63) is 74.4 Å². The molecule has 2 aromatic heterocycles. The molecule has 3 heterocycles. The van der Waals surface area contributed by atoms with E-state index in [0.29, 0.717) is 22.4 Å². The Hall–Kier alpha value is -3.43. The average molecular weight is 545 g/mol. The van der Waals surface area contributed by atoms with E-state index in [4.69, 9.17) is 4.98 Å². The lowest BCUT2D eigenvalue weighted by molar-refractivity contribution is -0.120. The summed E-state index contributed by atoms with van der Waals surface area (Å²) in [7, 11) is 0. The quantitative estimate of drug-likeness (QED) is 0.280. The van der Waals surface area contributed by atoms with Crippen LogP contribution in [0.2, 0.25) is 0 Å². The number of nitrogens with zero attached hydrogens (tertiary/aromatic N) is 3. The largest absolute Gasteiger partial charge is 0.323 e. The maximum absolute atomic E-state index is 14.1. The van der Waals surface area contributed by atoms with Crippen LogP contribution in [0.3, 0.4) is 0 Å². The van der Waals surface area contributed by atoms with Gasteiger partial charge in [0, 0.05) is 4.88 Å². The number of carbonyl (C=O) groups is 2. The second-order valence-corrected chi connectivity index (χ2v) is 12.2. The number of aromatic nitrogens is 2. The molecule has 0 bridgehead atoms. The molecule has 194 valence electrons. The first-order valence-corrected chi connectivity index (χ1v) is 14.6. The Balaban J connectivity index is 1.43. The molecule has 7 nitrogen and oxygen atoms in total. The van der Waals surface area contributed by atoms with E-state index in [9.17, 15) is 14.4 Å². The van der Waals surface area contributed by atoms with Gasteiger partial charge in [-0.3, -0.25) is 19.0 Å². The first kappa shape index (κ1) is 24.9. The maximum Gasteiger partial charge on any atom is 0.267 e. The molecule has 0 saturated carbocycles. The molecular formula is C29H28N4O3S2. The van der Waals surface area contributed by atoms with E-state index in [1.54, 1.807) is 22.0 Å². The highest BCUT2D eigenvalue weighted by atomic mass is 32.2. The molecule has 1 unspecified atom stereocenters. The van der Waals surface area contributed by atoms with Gasteiger partial charge in [0.2, 0.25) is 11.8 Å². The molecule has 2 aliphatic rings. The van der Waals surface area contributed by atoms with E-state index in [1.807, 2.05) is 50.2 Å². The number of hydrogen-bond donors (Lipinski definition) is 1. The van der Waals surface area contributed by atoms with Gasteiger partial charge in [0.25, 0.3) is 5.56 Å². The van der Waals surface area contributed by atoms with E-state index >= 15 is 0 Å². The first-order chi connectivity index (χ1) is 18.3. The van der Waals surface area contributed by atoms with Crippen molar-refractivity contribution >= 4 is 56.5 Å². The van der Waals surface area contributed by atoms with Crippen LogP contribution in [0.25, 0.3) is 15.9 Å². The number of amides is 2. The Bertz CT molecular complexity index is 1670. The predicted molar refractivity (Wildman–Crippen MR) is 154 cm³/mol. The lowest BCUT2D eigenvalue weighted by Crippen LogP contribution is -2.43. The van der Waals surface area contributed by atoms with Crippen LogP contribution in [0.5, 0.6) is 0 Å². The molecule has 38 heavy (non-hydrogen) atoms. The van der Waals surface area contributed by atoms with Crippen LogP contribution in [0.15, 0.2) is 52.4 Å². The number of hydrogen-bond acceptors (Lipinski definition) is 6. The molecule has 2 amide bonds. The highest BCUT2D eigenvalue weighted by Gasteiger charge is 2.29. The molecule has 1 aliphatic heterocycles. The number of aryl methyl sites for hydroxylation is 3. The molecule has 1 N–H and O–H groups in total. The van der Waals surface area contributed by atoms with Gasteiger partial charge in [-0.25, -0.2) is 4.98 Å². The SMILES string of the molecule is Cc1ccc(C)c(-n2c(SCC(=O)N3CC(=O)Nc4ccccc43)nc3sc4c(c3c2=O)CCC(C)C4)c1. The lowest BCUT2D eigenvalue weighted by atomic mass is 9.89. The summed E-state index contributed by atoms with van der Waals surface area (Å²) in [5.41, 5.74) is 5.15. The van der Waals surface area contributed by atoms with Gasteiger partial charge in [0.05, 0.1) is 28.2 Å². The number of fused-ring (bicyclic) bond motifs is 4. The third-order valence-corrected chi connectivity index (χ3v) is 9.37. The van der Waals surface area contributed by atoms with Crippen LogP contribution in [-0.2, 0) is 22.4 Å². The van der Waals surface area contributed by atoms with Crippen molar-refractivity contribution in [2.24, 2.45) is 5.92 Å². The number of carbonyl (C=O) groups excluding carboxylic acids is 2. The van der Waals surface area contributed by atoms with Gasteiger partial charge in [-0.05, 0) is 73.9 Å². The number of para-hydroxylation sites is 2. The smallest absolute Gasteiger partial charge is 0.267 e. The summed E-state index contributed by atoms with van der Waals surface area (Å²) in [5, 5.41) is 4.03. The van der Waals surface area contributed by atoms with Gasteiger partial charge >= 0.3 is 0 Å². The molecule has 0 fully saturated rings. The fraction of sp³-hybridized carbons (Fsp3) is 0.310. The summed E-state index contributed by atoms with van der Waals surface area (Å²) in [6.45, 7) is 6.20. The summed E-state index contributed by atoms with van der Waals surface area (Å²) in [6, 6.07) is 13.3. The fourth-order valence-electron chi connectivity index (χ4n) is 5.30. The van der Waals surface area contributed by atoms with Crippen molar-refractivity contribution in [1.82, 2.24) is 9.55 Å². The average Bonchev–Trinajstić information content (AvgIpc) is 3.26. The van der Waals surface area contributed by atoms with Crippen molar-refractivity contribution in [3.63, 3.8) is 0 Å². The molecule has 0 saturated heterocycles. The Labute approximate surface area is 228 Å². The first-order valence-electron chi connectivity index (χ1n) is 12.8. The summed E-state index contributed by atoms with van der Waals surface area (Å²) in [4.78, 5) is 48.3. The van der Waals surface area contributed by atoms with Crippen molar-refractivity contribution in [3.8, 4) is 5.69 Å². The highest BCUT2D eigenvalue weighted by molar-refractivity contribution is 7.99. The van der Waals surface area contributed by atoms with E-state index in [0.717, 1.165) is 51.9 Å². The van der Waals surface area contributed by atoms with Crippen LogP contribution >= 0.6 is 23.1 Å². The fourth-order valence-corrected chi connectivity index (χ4v) is 7.61. The van der Waals surface area contributed by atoms with Gasteiger partial charge in [0.15, 0.2) is 5.16 Å². The number of benzene rings is 2. The second-order valence-electron chi connectivity index (χ2n) is 10.2. The Morgan fingerprint density at radius 1 is 1.16 bits per heavy atom. The number of thiophene rings is 1. The monoisotopic (exact) mass is 544 g/mol. The third kappa shape index (κ3) is 4.33.